The zero-order valence-electron chi connectivity index (χ0n) is 13.0. The quantitative estimate of drug-likeness (QED) is 0.716. The maximum absolute atomic E-state index is 12.1. The van der Waals surface area contributed by atoms with Crippen LogP contribution in [0.25, 0.3) is 0 Å². The normalized spacial score (nSPS) is 29.9. The van der Waals surface area contributed by atoms with Crippen molar-refractivity contribution < 1.29 is 19.4 Å². The minimum absolute atomic E-state index is 0.144. The Hall–Kier alpha value is -0.890. The maximum atomic E-state index is 12.1. The van der Waals surface area contributed by atoms with Crippen LogP contribution < -0.4 is 5.32 Å². The number of nitrogens with zero attached hydrogens (tertiary/aromatic N) is 2. The molecule has 122 valence electrons. The monoisotopic (exact) mass is 301 g/mol. The molecule has 3 unspecified atom stereocenters. The highest BCUT2D eigenvalue weighted by atomic mass is 16.5. The van der Waals surface area contributed by atoms with Gasteiger partial charge in [-0.15, -0.1) is 0 Å². The van der Waals surface area contributed by atoms with Crippen LogP contribution in [-0.4, -0.2) is 91.7 Å². The first kappa shape index (κ1) is 16.5. The van der Waals surface area contributed by atoms with Crippen LogP contribution in [0.2, 0.25) is 0 Å². The largest absolute Gasteiger partial charge is 0.388 e. The van der Waals surface area contributed by atoms with Crippen LogP contribution in [0.1, 0.15) is 13.8 Å². The number of amides is 2. The Morgan fingerprint density at radius 3 is 2.62 bits per heavy atom. The number of hydrogen-bond donors (Lipinski definition) is 2. The summed E-state index contributed by atoms with van der Waals surface area (Å²) in [6.45, 7) is 9.41. The van der Waals surface area contributed by atoms with E-state index in [9.17, 15) is 9.90 Å². The Morgan fingerprint density at radius 2 is 2.00 bits per heavy atom. The Morgan fingerprint density at radius 1 is 1.33 bits per heavy atom. The van der Waals surface area contributed by atoms with Crippen LogP contribution in [-0.2, 0) is 9.47 Å². The lowest BCUT2D eigenvalue weighted by molar-refractivity contribution is 0.0169. The summed E-state index contributed by atoms with van der Waals surface area (Å²) in [5, 5.41) is 13.2. The summed E-state index contributed by atoms with van der Waals surface area (Å²) >= 11 is 0. The molecule has 3 atom stereocenters. The van der Waals surface area contributed by atoms with Crippen molar-refractivity contribution >= 4 is 6.03 Å². The number of rotatable bonds is 5. The fraction of sp³-hybridized carbons (Fsp3) is 0.929. The number of carbonyl (C=O) groups is 1. The molecule has 0 spiro atoms. The summed E-state index contributed by atoms with van der Waals surface area (Å²) in [6, 6.07) is -0.477. The fourth-order valence-electron chi connectivity index (χ4n) is 2.72. The second-order valence-corrected chi connectivity index (χ2v) is 5.50. The van der Waals surface area contributed by atoms with Gasteiger partial charge in [0, 0.05) is 19.6 Å². The molecular weight excluding hydrogens is 274 g/mol. The number of ether oxygens (including phenoxy) is 2. The molecule has 0 bridgehead atoms. The van der Waals surface area contributed by atoms with Gasteiger partial charge >= 0.3 is 6.03 Å². The molecule has 0 aromatic carbocycles. The van der Waals surface area contributed by atoms with Crippen molar-refractivity contribution in [3.8, 4) is 0 Å². The Balaban J connectivity index is 1.80. The van der Waals surface area contributed by atoms with Crippen LogP contribution in [0.3, 0.4) is 0 Å². The minimum Gasteiger partial charge on any atom is -0.388 e. The van der Waals surface area contributed by atoms with Crippen LogP contribution in [0.4, 0.5) is 4.79 Å². The van der Waals surface area contributed by atoms with E-state index in [-0.39, 0.29) is 18.2 Å². The standard InChI is InChI=1S/C14H27N3O4/c1-3-16(4-2)9-12-13(18)11(10-21-12)15-14(19)17-5-7-20-8-6-17/h11-13,18H,3-10H2,1-2H3,(H,15,19). The lowest BCUT2D eigenvalue weighted by atomic mass is 10.1. The second-order valence-electron chi connectivity index (χ2n) is 5.50. The third kappa shape index (κ3) is 4.29. The molecule has 2 fully saturated rings. The van der Waals surface area contributed by atoms with E-state index >= 15 is 0 Å². The van der Waals surface area contributed by atoms with Gasteiger partial charge < -0.3 is 29.7 Å². The first-order valence-corrected chi connectivity index (χ1v) is 7.80. The molecule has 0 aromatic rings. The van der Waals surface area contributed by atoms with Crippen LogP contribution >= 0.6 is 0 Å². The number of urea groups is 1. The predicted molar refractivity (Wildman–Crippen MR) is 78.2 cm³/mol. The van der Waals surface area contributed by atoms with Gasteiger partial charge in [-0.05, 0) is 13.1 Å². The van der Waals surface area contributed by atoms with Gasteiger partial charge in [0.1, 0.15) is 6.10 Å². The van der Waals surface area contributed by atoms with Gasteiger partial charge in [0.2, 0.25) is 0 Å². The van der Waals surface area contributed by atoms with E-state index in [0.29, 0.717) is 39.5 Å². The third-order valence-corrected chi connectivity index (χ3v) is 4.22. The molecule has 0 radical (unpaired) electrons. The van der Waals surface area contributed by atoms with Gasteiger partial charge in [0.25, 0.3) is 0 Å². The van der Waals surface area contributed by atoms with E-state index in [1.54, 1.807) is 4.90 Å². The topological polar surface area (TPSA) is 74.3 Å². The lowest BCUT2D eigenvalue weighted by Gasteiger charge is -2.29. The van der Waals surface area contributed by atoms with Gasteiger partial charge in [-0.3, -0.25) is 0 Å². The van der Waals surface area contributed by atoms with Crippen molar-refractivity contribution in [3.63, 3.8) is 0 Å². The van der Waals surface area contributed by atoms with E-state index in [1.807, 2.05) is 0 Å². The van der Waals surface area contributed by atoms with Crippen LogP contribution in [0.5, 0.6) is 0 Å². The van der Waals surface area contributed by atoms with E-state index < -0.39 is 6.10 Å². The number of aliphatic hydroxyl groups is 1. The Kier molecular flexibility index (Phi) is 6.22. The first-order chi connectivity index (χ1) is 10.2. The number of nitrogens with one attached hydrogen (secondary N) is 1. The van der Waals surface area contributed by atoms with E-state index in [2.05, 4.69) is 24.1 Å². The molecule has 7 heteroatoms. The molecule has 2 N–H and O–H groups in total. The van der Waals surface area contributed by atoms with Gasteiger partial charge in [0.15, 0.2) is 0 Å². The molecule has 2 rings (SSSR count). The highest BCUT2D eigenvalue weighted by Crippen LogP contribution is 2.16. The molecule has 7 nitrogen and oxygen atoms in total. The summed E-state index contributed by atoms with van der Waals surface area (Å²) in [4.78, 5) is 16.0. The molecule has 2 heterocycles. The smallest absolute Gasteiger partial charge is 0.317 e. The van der Waals surface area contributed by atoms with E-state index in [0.717, 1.165) is 13.1 Å². The number of aliphatic hydroxyl groups excluding tert-OH is 1. The van der Waals surface area contributed by atoms with E-state index in [1.165, 1.54) is 0 Å². The van der Waals surface area contributed by atoms with Crippen molar-refractivity contribution in [1.29, 1.82) is 0 Å². The molecule has 2 aliphatic rings. The van der Waals surface area contributed by atoms with Gasteiger partial charge in [0.05, 0.1) is 32.0 Å². The average molecular weight is 301 g/mol. The summed E-state index contributed by atoms with van der Waals surface area (Å²) in [5.41, 5.74) is 0. The highest BCUT2D eigenvalue weighted by molar-refractivity contribution is 5.74. The molecule has 21 heavy (non-hydrogen) atoms. The van der Waals surface area contributed by atoms with Crippen LogP contribution in [0.15, 0.2) is 0 Å². The number of morpholine rings is 1. The van der Waals surface area contributed by atoms with Crippen molar-refractivity contribution in [1.82, 2.24) is 15.1 Å². The summed E-state index contributed by atoms with van der Waals surface area (Å²) in [5.74, 6) is 0. The number of likely N-dealkylation sites (N-methyl/N-ethyl adjacent to an activating group) is 1. The average Bonchev–Trinajstić information content (AvgIpc) is 2.86. The van der Waals surface area contributed by atoms with Gasteiger partial charge in [-0.25, -0.2) is 4.79 Å². The third-order valence-electron chi connectivity index (χ3n) is 4.22. The highest BCUT2D eigenvalue weighted by Gasteiger charge is 2.38. The number of hydrogen-bond acceptors (Lipinski definition) is 5. The summed E-state index contributed by atoms with van der Waals surface area (Å²) < 4.78 is 10.9. The molecule has 2 amide bonds. The van der Waals surface area contributed by atoms with Crippen molar-refractivity contribution in [3.05, 3.63) is 0 Å². The SMILES string of the molecule is CCN(CC)CC1OCC(NC(=O)N2CCOCC2)C1O. The van der Waals surface area contributed by atoms with E-state index in [4.69, 9.17) is 9.47 Å². The van der Waals surface area contributed by atoms with Crippen LogP contribution in [0, 0.1) is 0 Å². The van der Waals surface area contributed by atoms with Crippen molar-refractivity contribution in [2.75, 3.05) is 52.5 Å². The zero-order valence-corrected chi connectivity index (χ0v) is 13.0. The minimum atomic E-state index is -0.657. The van der Waals surface area contributed by atoms with Crippen molar-refractivity contribution in [2.45, 2.75) is 32.1 Å². The second kappa shape index (κ2) is 7.93. The molecule has 0 aliphatic carbocycles. The zero-order chi connectivity index (χ0) is 15.2. The molecule has 0 aromatic heterocycles. The Bertz CT molecular complexity index is 332. The summed E-state index contributed by atoms with van der Waals surface area (Å²) in [7, 11) is 0. The summed E-state index contributed by atoms with van der Waals surface area (Å²) in [6.07, 6.45) is -0.893. The van der Waals surface area contributed by atoms with Gasteiger partial charge in [-0.2, -0.15) is 0 Å². The van der Waals surface area contributed by atoms with Gasteiger partial charge in [-0.1, -0.05) is 13.8 Å². The first-order valence-electron chi connectivity index (χ1n) is 7.80. The Labute approximate surface area is 126 Å². The molecule has 0 saturated carbocycles. The molecular formula is C14H27N3O4. The predicted octanol–water partition coefficient (Wildman–Crippen LogP) is -0.502. The lowest BCUT2D eigenvalue weighted by Crippen LogP contribution is -2.53. The van der Waals surface area contributed by atoms with Crippen molar-refractivity contribution in [2.24, 2.45) is 0 Å². The maximum Gasteiger partial charge on any atom is 0.317 e. The molecule has 2 saturated heterocycles. The fourth-order valence-corrected chi connectivity index (χ4v) is 2.72. The molecule has 2 aliphatic heterocycles. The number of carbonyl (C=O) groups excluding carboxylic acids is 1.